The van der Waals surface area contributed by atoms with Crippen LogP contribution < -0.4 is 0 Å². The van der Waals surface area contributed by atoms with Crippen LogP contribution in [0.25, 0.3) is 0 Å². The van der Waals surface area contributed by atoms with Crippen LogP contribution in [0.1, 0.15) is 51.4 Å². The van der Waals surface area contributed by atoms with Crippen molar-refractivity contribution >= 4 is 11.6 Å². The molecule has 4 unspecified atom stereocenters. The first-order valence-corrected chi connectivity index (χ1v) is 8.25. The van der Waals surface area contributed by atoms with E-state index in [1.165, 1.54) is 25.7 Å². The summed E-state index contributed by atoms with van der Waals surface area (Å²) in [5, 5.41) is 0. The SMILES string of the molecule is O=C1CC2CCC(C1)N2CCN1C2CCC1CC(=O)C2. The van der Waals surface area contributed by atoms with Crippen LogP contribution >= 0.6 is 0 Å². The summed E-state index contributed by atoms with van der Waals surface area (Å²) in [4.78, 5) is 28.5. The first-order chi connectivity index (χ1) is 9.70. The number of piperidine rings is 2. The largest absolute Gasteiger partial charge is 0.300 e. The van der Waals surface area contributed by atoms with Crippen molar-refractivity contribution in [3.05, 3.63) is 0 Å². The molecular formula is C16H24N2O2. The Kier molecular flexibility index (Phi) is 3.19. The first-order valence-electron chi connectivity index (χ1n) is 8.25. The van der Waals surface area contributed by atoms with E-state index in [0.29, 0.717) is 35.7 Å². The number of carbonyl (C=O) groups is 2. The van der Waals surface area contributed by atoms with Crippen LogP contribution in [-0.2, 0) is 9.59 Å². The van der Waals surface area contributed by atoms with E-state index >= 15 is 0 Å². The summed E-state index contributed by atoms with van der Waals surface area (Å²) < 4.78 is 0. The van der Waals surface area contributed by atoms with Crippen LogP contribution in [0.4, 0.5) is 0 Å². The molecule has 0 aromatic carbocycles. The van der Waals surface area contributed by atoms with Gasteiger partial charge in [-0.3, -0.25) is 19.4 Å². The zero-order valence-corrected chi connectivity index (χ0v) is 12.1. The standard InChI is InChI=1S/C16H24N2O2/c19-15-7-11-1-2-12(8-15)17(11)5-6-18-13-3-4-14(18)10-16(20)9-13/h11-14H,1-10H2. The highest BCUT2D eigenvalue weighted by Crippen LogP contribution is 2.36. The number of rotatable bonds is 3. The Bertz CT molecular complexity index is 364. The average molecular weight is 276 g/mol. The lowest BCUT2D eigenvalue weighted by atomic mass is 10.00. The number of fused-ring (bicyclic) bond motifs is 4. The number of ketones is 2. The van der Waals surface area contributed by atoms with Crippen molar-refractivity contribution in [2.45, 2.75) is 75.5 Å². The number of carbonyl (C=O) groups excluding carboxylic acids is 2. The van der Waals surface area contributed by atoms with E-state index in [4.69, 9.17) is 0 Å². The summed E-state index contributed by atoms with van der Waals surface area (Å²) in [6.45, 7) is 2.20. The van der Waals surface area contributed by atoms with Gasteiger partial charge >= 0.3 is 0 Å². The molecule has 0 N–H and O–H groups in total. The normalized spacial score (nSPS) is 41.6. The number of hydrogen-bond acceptors (Lipinski definition) is 4. The molecule has 20 heavy (non-hydrogen) atoms. The third-order valence-corrected chi connectivity index (χ3v) is 6.01. The Morgan fingerprint density at radius 3 is 1.25 bits per heavy atom. The topological polar surface area (TPSA) is 40.6 Å². The maximum Gasteiger partial charge on any atom is 0.136 e. The Morgan fingerprint density at radius 2 is 0.950 bits per heavy atom. The number of Topliss-reactive ketones (excluding diaryl/α,β-unsaturated/α-hetero) is 2. The predicted octanol–water partition coefficient (Wildman–Crippen LogP) is 1.38. The van der Waals surface area contributed by atoms with Crippen LogP contribution in [0.5, 0.6) is 0 Å². The minimum absolute atomic E-state index is 0.470. The third kappa shape index (κ3) is 2.13. The van der Waals surface area contributed by atoms with Gasteiger partial charge in [0.15, 0.2) is 0 Å². The zero-order valence-electron chi connectivity index (χ0n) is 12.1. The van der Waals surface area contributed by atoms with E-state index in [1.807, 2.05) is 0 Å². The minimum Gasteiger partial charge on any atom is -0.300 e. The van der Waals surface area contributed by atoms with E-state index in [2.05, 4.69) is 9.80 Å². The van der Waals surface area contributed by atoms with Crippen molar-refractivity contribution in [3.8, 4) is 0 Å². The average Bonchev–Trinajstić information content (AvgIpc) is 2.79. The Balaban J connectivity index is 1.37. The van der Waals surface area contributed by atoms with Crippen LogP contribution in [0, 0.1) is 0 Å². The van der Waals surface area contributed by atoms with Gasteiger partial charge in [-0.1, -0.05) is 0 Å². The molecule has 4 heterocycles. The van der Waals surface area contributed by atoms with E-state index in [9.17, 15) is 9.59 Å². The van der Waals surface area contributed by atoms with Crippen LogP contribution in [0.15, 0.2) is 0 Å². The summed E-state index contributed by atoms with van der Waals surface area (Å²) in [5.41, 5.74) is 0. The van der Waals surface area contributed by atoms with E-state index < -0.39 is 0 Å². The molecule has 0 aromatic rings. The molecule has 4 bridgehead atoms. The van der Waals surface area contributed by atoms with Gasteiger partial charge in [0.05, 0.1) is 0 Å². The molecule has 110 valence electrons. The minimum atomic E-state index is 0.470. The van der Waals surface area contributed by atoms with Gasteiger partial charge in [0.1, 0.15) is 11.6 Å². The van der Waals surface area contributed by atoms with E-state index in [0.717, 1.165) is 38.8 Å². The summed E-state index contributed by atoms with van der Waals surface area (Å²) >= 11 is 0. The molecule has 4 heteroatoms. The van der Waals surface area contributed by atoms with E-state index in [1.54, 1.807) is 0 Å². The molecule has 0 aromatic heterocycles. The molecule has 0 amide bonds. The van der Waals surface area contributed by atoms with Crippen LogP contribution in [-0.4, -0.2) is 58.6 Å². The molecule has 4 fully saturated rings. The molecule has 4 aliphatic rings. The Morgan fingerprint density at radius 1 is 0.650 bits per heavy atom. The second kappa shape index (κ2) is 4.92. The fourth-order valence-electron chi connectivity index (χ4n) is 5.09. The van der Waals surface area contributed by atoms with Gasteiger partial charge in [0.2, 0.25) is 0 Å². The van der Waals surface area contributed by atoms with Gasteiger partial charge in [0.25, 0.3) is 0 Å². The zero-order chi connectivity index (χ0) is 13.7. The molecule has 0 saturated carbocycles. The molecule has 0 aliphatic carbocycles. The fourth-order valence-corrected chi connectivity index (χ4v) is 5.09. The molecular weight excluding hydrogens is 252 g/mol. The molecule has 0 spiro atoms. The summed E-state index contributed by atoms with van der Waals surface area (Å²) in [7, 11) is 0. The third-order valence-electron chi connectivity index (χ3n) is 6.01. The number of hydrogen-bond donors (Lipinski definition) is 0. The summed E-state index contributed by atoms with van der Waals surface area (Å²) in [6, 6.07) is 2.08. The smallest absolute Gasteiger partial charge is 0.136 e. The van der Waals surface area contributed by atoms with Crippen molar-refractivity contribution in [3.63, 3.8) is 0 Å². The van der Waals surface area contributed by atoms with Gasteiger partial charge in [-0.25, -0.2) is 0 Å². The van der Waals surface area contributed by atoms with E-state index in [-0.39, 0.29) is 0 Å². The van der Waals surface area contributed by atoms with Crippen molar-refractivity contribution in [1.29, 1.82) is 0 Å². The highest BCUT2D eigenvalue weighted by Gasteiger charge is 2.43. The maximum absolute atomic E-state index is 11.7. The molecule has 4 aliphatic heterocycles. The second-order valence-electron chi connectivity index (χ2n) is 7.14. The monoisotopic (exact) mass is 276 g/mol. The van der Waals surface area contributed by atoms with Gasteiger partial charge in [-0.2, -0.15) is 0 Å². The van der Waals surface area contributed by atoms with Crippen LogP contribution in [0.3, 0.4) is 0 Å². The predicted molar refractivity (Wildman–Crippen MR) is 75.5 cm³/mol. The Hall–Kier alpha value is -0.740. The molecule has 4 atom stereocenters. The number of nitrogens with zero attached hydrogens (tertiary/aromatic N) is 2. The highest BCUT2D eigenvalue weighted by atomic mass is 16.1. The second-order valence-corrected chi connectivity index (χ2v) is 7.14. The highest BCUT2D eigenvalue weighted by molar-refractivity contribution is 5.81. The molecule has 4 rings (SSSR count). The Labute approximate surface area is 120 Å². The summed E-state index contributed by atoms with van der Waals surface area (Å²) in [6.07, 6.45) is 7.96. The van der Waals surface area contributed by atoms with Gasteiger partial charge in [-0.15, -0.1) is 0 Å². The van der Waals surface area contributed by atoms with Gasteiger partial charge < -0.3 is 0 Å². The van der Waals surface area contributed by atoms with Crippen molar-refractivity contribution in [2.24, 2.45) is 0 Å². The lowest BCUT2D eigenvalue weighted by molar-refractivity contribution is -0.125. The van der Waals surface area contributed by atoms with Gasteiger partial charge in [0, 0.05) is 62.9 Å². The molecule has 4 nitrogen and oxygen atoms in total. The lowest BCUT2D eigenvalue weighted by Gasteiger charge is -2.39. The van der Waals surface area contributed by atoms with Gasteiger partial charge in [-0.05, 0) is 25.7 Å². The quantitative estimate of drug-likeness (QED) is 0.781. The maximum atomic E-state index is 11.7. The lowest BCUT2D eigenvalue weighted by Crippen LogP contribution is -2.50. The van der Waals surface area contributed by atoms with Crippen molar-refractivity contribution in [1.82, 2.24) is 9.80 Å². The van der Waals surface area contributed by atoms with Crippen molar-refractivity contribution in [2.75, 3.05) is 13.1 Å². The molecule has 4 saturated heterocycles. The first kappa shape index (κ1) is 13.0. The summed E-state index contributed by atoms with van der Waals surface area (Å²) in [5.74, 6) is 0.940. The molecule has 0 radical (unpaired) electrons. The van der Waals surface area contributed by atoms with Crippen LogP contribution in [0.2, 0.25) is 0 Å². The van der Waals surface area contributed by atoms with Crippen molar-refractivity contribution < 1.29 is 9.59 Å². The fraction of sp³-hybridized carbons (Fsp3) is 0.875.